The molecule has 0 aromatic rings. The second kappa shape index (κ2) is 9.75. The van der Waals surface area contributed by atoms with Crippen LogP contribution in [0.1, 0.15) is 40.5 Å². The van der Waals surface area contributed by atoms with Crippen LogP contribution in [-0.2, 0) is 23.9 Å². The molecule has 22 heavy (non-hydrogen) atoms. The number of carboxylic acids is 1. The standard InChI is InChI=1S/C14H24N2O6/c1-5-22-12(18)7-11(14(20)21)16-13(19)10(6-8(2)3)15-9(4)17/h8,10-11H,5-7H2,1-4H3,(H,15,17)(H,16,19)(H,20,21)/t10-,11+/m0/s1. The minimum Gasteiger partial charge on any atom is -0.480 e. The Bertz CT molecular complexity index is 422. The van der Waals surface area contributed by atoms with Crippen molar-refractivity contribution in [1.29, 1.82) is 0 Å². The summed E-state index contributed by atoms with van der Waals surface area (Å²) in [6.45, 7) is 6.74. The van der Waals surface area contributed by atoms with Gasteiger partial charge in [-0.05, 0) is 19.3 Å². The van der Waals surface area contributed by atoms with Crippen molar-refractivity contribution in [1.82, 2.24) is 10.6 Å². The summed E-state index contributed by atoms with van der Waals surface area (Å²) < 4.78 is 4.67. The zero-order valence-corrected chi connectivity index (χ0v) is 13.3. The first kappa shape index (κ1) is 19.9. The Morgan fingerprint density at radius 2 is 1.68 bits per heavy atom. The molecule has 0 aromatic carbocycles. The van der Waals surface area contributed by atoms with Crippen LogP contribution < -0.4 is 10.6 Å². The summed E-state index contributed by atoms with van der Waals surface area (Å²) in [6, 6.07) is -2.24. The molecule has 2 atom stereocenters. The number of carboxylic acid groups (broad SMARTS) is 1. The molecule has 0 rings (SSSR count). The first-order valence-electron chi connectivity index (χ1n) is 7.13. The number of nitrogens with one attached hydrogen (secondary N) is 2. The van der Waals surface area contributed by atoms with Crippen molar-refractivity contribution >= 4 is 23.8 Å². The molecular formula is C14H24N2O6. The minimum atomic E-state index is -1.39. The predicted octanol–water partition coefficient (Wildman–Crippen LogP) is 0.0598. The van der Waals surface area contributed by atoms with Gasteiger partial charge in [-0.25, -0.2) is 4.79 Å². The molecular weight excluding hydrogens is 292 g/mol. The Kier molecular flexibility index (Phi) is 8.81. The first-order chi connectivity index (χ1) is 10.2. The largest absolute Gasteiger partial charge is 0.480 e. The summed E-state index contributed by atoms with van der Waals surface area (Å²) in [7, 11) is 0. The molecule has 0 aliphatic heterocycles. The molecule has 126 valence electrons. The van der Waals surface area contributed by atoms with Crippen molar-refractivity contribution < 1.29 is 29.0 Å². The lowest BCUT2D eigenvalue weighted by Crippen LogP contribution is -2.52. The van der Waals surface area contributed by atoms with Crippen molar-refractivity contribution in [2.75, 3.05) is 6.61 Å². The van der Waals surface area contributed by atoms with Crippen LogP contribution in [0.15, 0.2) is 0 Å². The molecule has 8 nitrogen and oxygen atoms in total. The molecule has 0 aliphatic rings. The average molecular weight is 316 g/mol. The van der Waals surface area contributed by atoms with E-state index in [2.05, 4.69) is 15.4 Å². The molecule has 0 spiro atoms. The van der Waals surface area contributed by atoms with E-state index in [0.717, 1.165) is 0 Å². The van der Waals surface area contributed by atoms with E-state index in [4.69, 9.17) is 5.11 Å². The Balaban J connectivity index is 4.84. The summed E-state index contributed by atoms with van der Waals surface area (Å²) in [5.74, 6) is -2.96. The third-order valence-corrected chi connectivity index (χ3v) is 2.69. The summed E-state index contributed by atoms with van der Waals surface area (Å²) in [5.41, 5.74) is 0. The van der Waals surface area contributed by atoms with E-state index in [9.17, 15) is 19.2 Å². The van der Waals surface area contributed by atoms with Gasteiger partial charge in [0, 0.05) is 6.92 Å². The molecule has 0 heterocycles. The van der Waals surface area contributed by atoms with Gasteiger partial charge in [0.25, 0.3) is 0 Å². The maximum Gasteiger partial charge on any atom is 0.326 e. The van der Waals surface area contributed by atoms with Gasteiger partial charge in [0.05, 0.1) is 13.0 Å². The topological polar surface area (TPSA) is 122 Å². The third-order valence-electron chi connectivity index (χ3n) is 2.69. The van der Waals surface area contributed by atoms with E-state index in [1.54, 1.807) is 6.92 Å². The highest BCUT2D eigenvalue weighted by Gasteiger charge is 2.28. The smallest absolute Gasteiger partial charge is 0.326 e. The average Bonchev–Trinajstić information content (AvgIpc) is 2.36. The SMILES string of the molecule is CCOC(=O)C[C@@H](NC(=O)[C@H](CC(C)C)NC(C)=O)C(=O)O. The molecule has 0 aromatic heterocycles. The minimum absolute atomic E-state index is 0.121. The number of hydrogen-bond acceptors (Lipinski definition) is 5. The second-order valence-electron chi connectivity index (χ2n) is 5.29. The third kappa shape index (κ3) is 8.23. The maximum atomic E-state index is 12.1. The second-order valence-corrected chi connectivity index (χ2v) is 5.29. The molecule has 0 aliphatic carbocycles. The molecule has 8 heteroatoms. The van der Waals surface area contributed by atoms with Gasteiger partial charge in [0.1, 0.15) is 12.1 Å². The summed E-state index contributed by atoms with van der Waals surface area (Å²) >= 11 is 0. The Hall–Kier alpha value is -2.12. The van der Waals surface area contributed by atoms with Crippen molar-refractivity contribution in [2.45, 2.75) is 52.6 Å². The molecule has 0 bridgehead atoms. The molecule has 3 N–H and O–H groups in total. The Morgan fingerprint density at radius 1 is 1.09 bits per heavy atom. The number of aliphatic carboxylic acids is 1. The van der Waals surface area contributed by atoms with Crippen LogP contribution in [-0.4, -0.2) is 47.6 Å². The summed E-state index contributed by atoms with van der Waals surface area (Å²) in [6.07, 6.45) is -0.111. The quantitative estimate of drug-likeness (QED) is 0.517. The van der Waals surface area contributed by atoms with E-state index in [1.165, 1.54) is 6.92 Å². The van der Waals surface area contributed by atoms with Crippen LogP contribution in [0, 0.1) is 5.92 Å². The fourth-order valence-corrected chi connectivity index (χ4v) is 1.81. The van der Waals surface area contributed by atoms with Crippen LogP contribution in [0.3, 0.4) is 0 Å². The number of carbonyl (C=O) groups is 4. The van der Waals surface area contributed by atoms with Crippen LogP contribution in [0.2, 0.25) is 0 Å². The number of rotatable bonds is 9. The lowest BCUT2D eigenvalue weighted by atomic mass is 10.0. The van der Waals surface area contributed by atoms with Crippen LogP contribution in [0.4, 0.5) is 0 Å². The number of amides is 2. The van der Waals surface area contributed by atoms with Gasteiger partial charge in [-0.15, -0.1) is 0 Å². The van der Waals surface area contributed by atoms with Crippen molar-refractivity contribution in [3.05, 3.63) is 0 Å². The normalized spacial score (nSPS) is 13.1. The van der Waals surface area contributed by atoms with Gasteiger partial charge in [-0.1, -0.05) is 13.8 Å². The van der Waals surface area contributed by atoms with Crippen molar-refractivity contribution in [3.8, 4) is 0 Å². The van der Waals surface area contributed by atoms with Crippen molar-refractivity contribution in [3.63, 3.8) is 0 Å². The van der Waals surface area contributed by atoms with Crippen molar-refractivity contribution in [2.24, 2.45) is 5.92 Å². The van der Waals surface area contributed by atoms with Crippen LogP contribution in [0.5, 0.6) is 0 Å². The van der Waals surface area contributed by atoms with E-state index in [0.29, 0.717) is 6.42 Å². The number of ether oxygens (including phenoxy) is 1. The maximum absolute atomic E-state index is 12.1. The summed E-state index contributed by atoms with van der Waals surface area (Å²) in [4.78, 5) is 45.8. The van der Waals surface area contributed by atoms with E-state index >= 15 is 0 Å². The van der Waals surface area contributed by atoms with E-state index in [1.807, 2.05) is 13.8 Å². The molecule has 0 unspecified atom stereocenters. The molecule has 0 saturated carbocycles. The predicted molar refractivity (Wildman–Crippen MR) is 77.9 cm³/mol. The fraction of sp³-hybridized carbons (Fsp3) is 0.714. The zero-order valence-electron chi connectivity index (χ0n) is 13.3. The monoisotopic (exact) mass is 316 g/mol. The highest BCUT2D eigenvalue weighted by molar-refractivity contribution is 5.91. The number of hydrogen-bond donors (Lipinski definition) is 3. The van der Waals surface area contributed by atoms with Gasteiger partial charge in [-0.2, -0.15) is 0 Å². The number of esters is 1. The first-order valence-corrected chi connectivity index (χ1v) is 7.13. The Labute approximate surface area is 129 Å². The van der Waals surface area contributed by atoms with E-state index in [-0.39, 0.29) is 12.5 Å². The lowest BCUT2D eigenvalue weighted by Gasteiger charge is -2.21. The van der Waals surface area contributed by atoms with Gasteiger partial charge in [0.15, 0.2) is 0 Å². The highest BCUT2D eigenvalue weighted by Crippen LogP contribution is 2.06. The lowest BCUT2D eigenvalue weighted by molar-refractivity contribution is -0.150. The van der Waals surface area contributed by atoms with Gasteiger partial charge in [-0.3, -0.25) is 14.4 Å². The summed E-state index contributed by atoms with van der Waals surface area (Å²) in [5, 5.41) is 13.8. The van der Waals surface area contributed by atoms with Gasteiger partial charge in [0.2, 0.25) is 11.8 Å². The molecule has 0 saturated heterocycles. The molecule has 0 fully saturated rings. The fourth-order valence-electron chi connectivity index (χ4n) is 1.81. The van der Waals surface area contributed by atoms with Gasteiger partial charge >= 0.3 is 11.9 Å². The van der Waals surface area contributed by atoms with E-state index < -0.39 is 42.3 Å². The van der Waals surface area contributed by atoms with Crippen LogP contribution >= 0.6 is 0 Å². The zero-order chi connectivity index (χ0) is 17.3. The highest BCUT2D eigenvalue weighted by atomic mass is 16.5. The number of carbonyl (C=O) groups excluding carboxylic acids is 3. The molecule has 2 amide bonds. The Morgan fingerprint density at radius 3 is 2.09 bits per heavy atom. The van der Waals surface area contributed by atoms with Gasteiger partial charge < -0.3 is 20.5 Å². The molecule has 0 radical (unpaired) electrons. The van der Waals surface area contributed by atoms with Crippen LogP contribution in [0.25, 0.3) is 0 Å².